The fraction of sp³-hybridized carbons (Fsp3) is 0.417. The first-order valence-electron chi connectivity index (χ1n) is 5.75. The van der Waals surface area contributed by atoms with E-state index < -0.39 is 0 Å². The van der Waals surface area contributed by atoms with E-state index in [0.717, 1.165) is 11.4 Å². The van der Waals surface area contributed by atoms with Crippen LogP contribution >= 0.6 is 11.6 Å². The summed E-state index contributed by atoms with van der Waals surface area (Å²) in [6.45, 7) is 2.29. The third-order valence-electron chi connectivity index (χ3n) is 2.64. The molecule has 0 spiro atoms. The van der Waals surface area contributed by atoms with E-state index in [1.807, 2.05) is 6.92 Å². The lowest BCUT2D eigenvalue weighted by molar-refractivity contribution is 0.348. The second-order valence-electron chi connectivity index (χ2n) is 3.95. The number of nitrogens with zero attached hydrogens (tertiary/aromatic N) is 4. The van der Waals surface area contributed by atoms with E-state index in [4.69, 9.17) is 21.1 Å². The molecular formula is C12H15ClN4O2. The Balaban J connectivity index is 2.27. The molecule has 0 saturated heterocycles. The molecule has 7 heteroatoms. The van der Waals surface area contributed by atoms with Crippen molar-refractivity contribution in [3.05, 3.63) is 29.8 Å². The van der Waals surface area contributed by atoms with Crippen LogP contribution in [0.2, 0.25) is 0 Å². The smallest absolute Gasteiger partial charge is 0.184 e. The van der Waals surface area contributed by atoms with Gasteiger partial charge in [0.25, 0.3) is 0 Å². The van der Waals surface area contributed by atoms with Crippen LogP contribution in [0.5, 0.6) is 11.5 Å². The fourth-order valence-electron chi connectivity index (χ4n) is 1.69. The molecule has 1 atom stereocenters. The Bertz CT molecular complexity index is 556. The summed E-state index contributed by atoms with van der Waals surface area (Å²) in [5.41, 5.74) is 1.45. The number of aromatic nitrogens is 4. The summed E-state index contributed by atoms with van der Waals surface area (Å²) >= 11 is 5.95. The molecule has 2 aromatic rings. The molecule has 0 aliphatic heterocycles. The average Bonchev–Trinajstić information content (AvgIpc) is 2.87. The van der Waals surface area contributed by atoms with Gasteiger partial charge in [0.15, 0.2) is 11.5 Å². The molecular weight excluding hydrogens is 268 g/mol. The maximum Gasteiger partial charge on any atom is 0.184 e. The van der Waals surface area contributed by atoms with Gasteiger partial charge >= 0.3 is 0 Å². The van der Waals surface area contributed by atoms with Gasteiger partial charge in [0, 0.05) is 12.3 Å². The van der Waals surface area contributed by atoms with E-state index in [1.165, 1.54) is 0 Å². The van der Waals surface area contributed by atoms with Gasteiger partial charge in [-0.2, -0.15) is 0 Å². The third-order valence-corrected chi connectivity index (χ3v) is 2.87. The van der Waals surface area contributed by atoms with E-state index in [2.05, 4.69) is 15.3 Å². The summed E-state index contributed by atoms with van der Waals surface area (Å²) in [6.07, 6.45) is 3.46. The highest BCUT2D eigenvalue weighted by Crippen LogP contribution is 2.29. The molecule has 0 aromatic carbocycles. The van der Waals surface area contributed by atoms with Crippen molar-refractivity contribution < 1.29 is 9.47 Å². The Morgan fingerprint density at radius 1 is 1.37 bits per heavy atom. The SMILES string of the molecule is COc1ccnc(Cn2cc(C(C)Cl)nn2)c1OC. The number of ether oxygens (including phenoxy) is 2. The van der Waals surface area contributed by atoms with Crippen LogP contribution in [0.25, 0.3) is 0 Å². The Kier molecular flexibility index (Phi) is 4.21. The molecule has 102 valence electrons. The van der Waals surface area contributed by atoms with E-state index in [9.17, 15) is 0 Å². The Morgan fingerprint density at radius 3 is 2.74 bits per heavy atom. The van der Waals surface area contributed by atoms with Crippen LogP contribution in [-0.4, -0.2) is 34.2 Å². The third kappa shape index (κ3) is 2.96. The molecule has 0 N–H and O–H groups in total. The van der Waals surface area contributed by atoms with Gasteiger partial charge in [0.2, 0.25) is 0 Å². The van der Waals surface area contributed by atoms with Crippen LogP contribution < -0.4 is 9.47 Å². The second kappa shape index (κ2) is 5.88. The van der Waals surface area contributed by atoms with Gasteiger partial charge in [0.05, 0.1) is 32.3 Å². The number of halogens is 1. The highest BCUT2D eigenvalue weighted by atomic mass is 35.5. The molecule has 19 heavy (non-hydrogen) atoms. The minimum Gasteiger partial charge on any atom is -0.493 e. The normalized spacial score (nSPS) is 12.2. The van der Waals surface area contributed by atoms with E-state index in [-0.39, 0.29) is 5.38 Å². The number of rotatable bonds is 5. The van der Waals surface area contributed by atoms with Gasteiger partial charge in [-0.25, -0.2) is 4.68 Å². The first-order valence-corrected chi connectivity index (χ1v) is 6.19. The van der Waals surface area contributed by atoms with Crippen LogP contribution in [0.3, 0.4) is 0 Å². The van der Waals surface area contributed by atoms with Crippen LogP contribution in [0, 0.1) is 0 Å². The largest absolute Gasteiger partial charge is 0.493 e. The predicted molar refractivity (Wildman–Crippen MR) is 70.7 cm³/mol. The molecule has 0 fully saturated rings. The molecule has 0 saturated carbocycles. The van der Waals surface area contributed by atoms with E-state index in [0.29, 0.717) is 18.0 Å². The predicted octanol–water partition coefficient (Wildman–Crippen LogP) is 2.04. The minimum atomic E-state index is -0.172. The van der Waals surface area contributed by atoms with E-state index >= 15 is 0 Å². The molecule has 0 aliphatic carbocycles. The number of hydrogen-bond acceptors (Lipinski definition) is 5. The zero-order valence-electron chi connectivity index (χ0n) is 11.0. The molecule has 1 unspecified atom stereocenters. The first-order chi connectivity index (χ1) is 9.15. The monoisotopic (exact) mass is 282 g/mol. The molecule has 2 rings (SSSR count). The summed E-state index contributed by atoms with van der Waals surface area (Å²) in [7, 11) is 3.17. The number of hydrogen-bond donors (Lipinski definition) is 0. The molecule has 0 aliphatic rings. The molecule has 0 bridgehead atoms. The zero-order valence-corrected chi connectivity index (χ0v) is 11.8. The fourth-order valence-corrected chi connectivity index (χ4v) is 1.79. The summed E-state index contributed by atoms with van der Waals surface area (Å²) in [6, 6.07) is 1.75. The van der Waals surface area contributed by atoms with Gasteiger partial charge in [-0.15, -0.1) is 16.7 Å². The number of methoxy groups -OCH3 is 2. The minimum absolute atomic E-state index is 0.172. The lowest BCUT2D eigenvalue weighted by atomic mass is 10.3. The average molecular weight is 283 g/mol. The standard InChI is InChI=1S/C12H15ClN4O2/c1-8(13)9-6-17(16-15-9)7-10-12(19-3)11(18-2)4-5-14-10/h4-6,8H,7H2,1-3H3. The zero-order chi connectivity index (χ0) is 13.8. The Labute approximate surface area is 116 Å². The van der Waals surface area contributed by atoms with Gasteiger partial charge in [-0.05, 0) is 6.92 Å². The Morgan fingerprint density at radius 2 is 2.16 bits per heavy atom. The van der Waals surface area contributed by atoms with Crippen LogP contribution in [0.15, 0.2) is 18.5 Å². The highest BCUT2D eigenvalue weighted by Gasteiger charge is 2.13. The Hall–Kier alpha value is -1.82. The molecule has 2 heterocycles. The van der Waals surface area contributed by atoms with Crippen molar-refractivity contribution in [2.75, 3.05) is 14.2 Å². The van der Waals surface area contributed by atoms with Crippen molar-refractivity contribution in [2.24, 2.45) is 0 Å². The van der Waals surface area contributed by atoms with Gasteiger partial charge < -0.3 is 9.47 Å². The van der Waals surface area contributed by atoms with Crippen LogP contribution in [0.4, 0.5) is 0 Å². The number of alkyl halides is 1. The summed E-state index contributed by atoms with van der Waals surface area (Å²) in [5.74, 6) is 1.24. The summed E-state index contributed by atoms with van der Waals surface area (Å²) in [4.78, 5) is 4.28. The molecule has 0 amide bonds. The maximum atomic E-state index is 5.95. The topological polar surface area (TPSA) is 62.1 Å². The lowest BCUT2D eigenvalue weighted by Gasteiger charge is -2.11. The molecule has 2 aromatic heterocycles. The van der Waals surface area contributed by atoms with Crippen molar-refractivity contribution >= 4 is 11.6 Å². The van der Waals surface area contributed by atoms with Gasteiger partial charge in [0.1, 0.15) is 11.4 Å². The molecule has 6 nitrogen and oxygen atoms in total. The first kappa shape index (κ1) is 13.6. The summed E-state index contributed by atoms with van der Waals surface area (Å²) in [5, 5.41) is 7.83. The van der Waals surface area contributed by atoms with Crippen molar-refractivity contribution in [1.29, 1.82) is 0 Å². The lowest BCUT2D eigenvalue weighted by Crippen LogP contribution is -2.05. The van der Waals surface area contributed by atoms with Gasteiger partial charge in [-0.1, -0.05) is 5.21 Å². The van der Waals surface area contributed by atoms with Crippen molar-refractivity contribution in [3.8, 4) is 11.5 Å². The van der Waals surface area contributed by atoms with Crippen molar-refractivity contribution in [2.45, 2.75) is 18.8 Å². The second-order valence-corrected chi connectivity index (χ2v) is 4.60. The number of pyridine rings is 1. The maximum absolute atomic E-state index is 5.95. The van der Waals surface area contributed by atoms with Crippen molar-refractivity contribution in [1.82, 2.24) is 20.0 Å². The van der Waals surface area contributed by atoms with Gasteiger partial charge in [-0.3, -0.25) is 4.98 Å². The van der Waals surface area contributed by atoms with Crippen molar-refractivity contribution in [3.63, 3.8) is 0 Å². The van der Waals surface area contributed by atoms with Crippen LogP contribution in [0.1, 0.15) is 23.7 Å². The van der Waals surface area contributed by atoms with Crippen LogP contribution in [-0.2, 0) is 6.54 Å². The molecule has 0 radical (unpaired) electrons. The quantitative estimate of drug-likeness (QED) is 0.785. The summed E-state index contributed by atoms with van der Waals surface area (Å²) < 4.78 is 12.2. The highest BCUT2D eigenvalue weighted by molar-refractivity contribution is 6.20. The van der Waals surface area contributed by atoms with E-state index in [1.54, 1.807) is 37.4 Å².